The largest absolute Gasteiger partial charge is 0.395 e. The van der Waals surface area contributed by atoms with Gasteiger partial charge in [-0.1, -0.05) is 0 Å². The minimum absolute atomic E-state index is 0.289. The summed E-state index contributed by atoms with van der Waals surface area (Å²) in [6, 6.07) is 0. The van der Waals surface area contributed by atoms with Crippen molar-refractivity contribution in [3.63, 3.8) is 0 Å². The van der Waals surface area contributed by atoms with Gasteiger partial charge in [0.15, 0.2) is 0 Å². The van der Waals surface area contributed by atoms with Crippen molar-refractivity contribution in [1.29, 1.82) is 0 Å². The van der Waals surface area contributed by atoms with Crippen LogP contribution in [0.15, 0.2) is 0 Å². The normalized spacial score (nSPS) is 11.2. The number of hydrogen-bond donors (Lipinski definition) is 1. The average Bonchev–Trinajstić information content (AvgIpc) is 1.85. The van der Waals surface area contributed by atoms with Gasteiger partial charge in [-0.3, -0.25) is 9.59 Å². The van der Waals surface area contributed by atoms with Crippen LogP contribution in [0.5, 0.6) is 0 Å². The first-order valence-electron chi connectivity index (χ1n) is 3.08. The maximum atomic E-state index is 10.8. The maximum absolute atomic E-state index is 10.8. The van der Waals surface area contributed by atoms with Crippen LogP contribution < -0.4 is 0 Å². The highest BCUT2D eigenvalue weighted by Gasteiger charge is 2.33. The van der Waals surface area contributed by atoms with Gasteiger partial charge in [0.2, 0.25) is 0 Å². The first-order valence-corrected chi connectivity index (χ1v) is 3.08. The number of carbonyl (C=O) groups excluding carboxylic acids is 2. The van der Waals surface area contributed by atoms with Crippen molar-refractivity contribution in [2.45, 2.75) is 20.8 Å². The predicted octanol–water partition coefficient (Wildman–Crippen LogP) is 0.163. The van der Waals surface area contributed by atoms with Gasteiger partial charge in [-0.25, -0.2) is 0 Å². The first-order chi connectivity index (χ1) is 4.45. The summed E-state index contributed by atoms with van der Waals surface area (Å²) in [6.45, 7) is 3.64. The Hall–Kier alpha value is -0.700. The zero-order chi connectivity index (χ0) is 8.36. The molecule has 0 unspecified atom stereocenters. The van der Waals surface area contributed by atoms with Gasteiger partial charge in [-0.05, 0) is 20.8 Å². The van der Waals surface area contributed by atoms with Crippen molar-refractivity contribution in [2.75, 3.05) is 6.61 Å². The summed E-state index contributed by atoms with van der Waals surface area (Å²) in [7, 11) is 0. The van der Waals surface area contributed by atoms with E-state index in [9.17, 15) is 9.59 Å². The van der Waals surface area contributed by atoms with E-state index in [4.69, 9.17) is 5.11 Å². The summed E-state index contributed by atoms with van der Waals surface area (Å²) < 4.78 is 0. The summed E-state index contributed by atoms with van der Waals surface area (Å²) >= 11 is 0. The second-order valence-electron chi connectivity index (χ2n) is 2.60. The fourth-order valence-electron chi connectivity index (χ4n) is 0.471. The van der Waals surface area contributed by atoms with Crippen molar-refractivity contribution >= 4 is 11.6 Å². The summed E-state index contributed by atoms with van der Waals surface area (Å²) in [5.41, 5.74) is -1.18. The van der Waals surface area contributed by atoms with Gasteiger partial charge in [-0.2, -0.15) is 0 Å². The van der Waals surface area contributed by atoms with Crippen LogP contribution in [-0.2, 0) is 9.59 Å². The van der Waals surface area contributed by atoms with E-state index in [0.717, 1.165) is 0 Å². The van der Waals surface area contributed by atoms with Crippen molar-refractivity contribution < 1.29 is 14.7 Å². The third-order valence-electron chi connectivity index (χ3n) is 1.87. The lowest BCUT2D eigenvalue weighted by Crippen LogP contribution is -2.36. The zero-order valence-corrected chi connectivity index (χ0v) is 6.47. The molecule has 0 rings (SSSR count). The maximum Gasteiger partial charge on any atom is 0.145 e. The molecule has 0 amide bonds. The molecule has 0 saturated carbocycles. The van der Waals surface area contributed by atoms with Crippen LogP contribution in [0.2, 0.25) is 0 Å². The van der Waals surface area contributed by atoms with E-state index in [1.54, 1.807) is 0 Å². The molecular weight excluding hydrogens is 132 g/mol. The van der Waals surface area contributed by atoms with Crippen LogP contribution in [-0.4, -0.2) is 23.3 Å². The Morgan fingerprint density at radius 3 is 1.60 bits per heavy atom. The Bertz CT molecular complexity index is 146. The number of ketones is 2. The number of aliphatic hydroxyl groups is 1. The van der Waals surface area contributed by atoms with Crippen LogP contribution in [0.3, 0.4) is 0 Å². The number of rotatable bonds is 3. The van der Waals surface area contributed by atoms with Crippen LogP contribution in [0.25, 0.3) is 0 Å². The van der Waals surface area contributed by atoms with E-state index in [0.29, 0.717) is 0 Å². The molecule has 0 aromatic rings. The van der Waals surface area contributed by atoms with Gasteiger partial charge < -0.3 is 5.11 Å². The molecule has 0 aliphatic carbocycles. The molecule has 0 bridgehead atoms. The molecule has 0 atom stereocenters. The van der Waals surface area contributed by atoms with Gasteiger partial charge >= 0.3 is 0 Å². The molecule has 0 aliphatic rings. The van der Waals surface area contributed by atoms with Crippen molar-refractivity contribution in [2.24, 2.45) is 5.41 Å². The van der Waals surface area contributed by atoms with Crippen LogP contribution >= 0.6 is 0 Å². The molecule has 0 aromatic heterocycles. The first kappa shape index (κ1) is 9.30. The molecule has 3 nitrogen and oxygen atoms in total. The minimum Gasteiger partial charge on any atom is -0.395 e. The Kier molecular flexibility index (Phi) is 2.72. The van der Waals surface area contributed by atoms with Crippen molar-refractivity contribution in [3.05, 3.63) is 0 Å². The van der Waals surface area contributed by atoms with E-state index in [1.807, 2.05) is 0 Å². The number of aliphatic hydroxyl groups excluding tert-OH is 1. The molecule has 0 spiro atoms. The average molecular weight is 144 g/mol. The lowest BCUT2D eigenvalue weighted by atomic mass is 9.83. The quantitative estimate of drug-likeness (QED) is 0.574. The Balaban J connectivity index is 4.55. The third-order valence-corrected chi connectivity index (χ3v) is 1.87. The van der Waals surface area contributed by atoms with Crippen LogP contribution in [0.4, 0.5) is 0 Å². The lowest BCUT2D eigenvalue weighted by Gasteiger charge is -2.19. The Labute approximate surface area is 60.0 Å². The van der Waals surface area contributed by atoms with Gasteiger partial charge in [0.1, 0.15) is 17.0 Å². The molecule has 1 N–H and O–H groups in total. The second-order valence-corrected chi connectivity index (χ2v) is 2.60. The standard InChI is InChI=1S/C7H12O3/c1-5(9)7(3,4-8)6(2)10/h8H,4H2,1-3H3. The summed E-state index contributed by atoms with van der Waals surface area (Å²) in [5.74, 6) is -0.579. The van der Waals surface area contributed by atoms with Gasteiger partial charge in [0.25, 0.3) is 0 Å². The monoisotopic (exact) mass is 144 g/mol. The Morgan fingerprint density at radius 1 is 1.30 bits per heavy atom. The highest BCUT2D eigenvalue weighted by Crippen LogP contribution is 2.17. The number of Topliss-reactive ketones (excluding diaryl/α,β-unsaturated/α-hetero) is 2. The van der Waals surface area contributed by atoms with Crippen molar-refractivity contribution in [3.8, 4) is 0 Å². The lowest BCUT2D eigenvalue weighted by molar-refractivity contribution is -0.139. The molecule has 0 saturated heterocycles. The molecule has 0 fully saturated rings. The molecular formula is C7H12O3. The summed E-state index contributed by atoms with van der Waals surface area (Å²) in [5, 5.41) is 8.68. The topological polar surface area (TPSA) is 54.4 Å². The van der Waals surface area contributed by atoms with Crippen LogP contribution in [0.1, 0.15) is 20.8 Å². The fraction of sp³-hybridized carbons (Fsp3) is 0.714. The van der Waals surface area contributed by atoms with E-state index < -0.39 is 12.0 Å². The SMILES string of the molecule is CC(=O)C(C)(CO)C(C)=O. The smallest absolute Gasteiger partial charge is 0.145 e. The zero-order valence-electron chi connectivity index (χ0n) is 6.47. The predicted molar refractivity (Wildman–Crippen MR) is 36.6 cm³/mol. The molecule has 0 radical (unpaired) electrons. The summed E-state index contributed by atoms with van der Waals surface area (Å²) in [4.78, 5) is 21.5. The van der Waals surface area contributed by atoms with E-state index in [2.05, 4.69) is 0 Å². The minimum atomic E-state index is -1.18. The van der Waals surface area contributed by atoms with Gasteiger partial charge in [0.05, 0.1) is 6.61 Å². The summed E-state index contributed by atoms with van der Waals surface area (Å²) in [6.07, 6.45) is 0. The van der Waals surface area contributed by atoms with E-state index in [1.165, 1.54) is 20.8 Å². The number of hydrogen-bond acceptors (Lipinski definition) is 3. The molecule has 10 heavy (non-hydrogen) atoms. The van der Waals surface area contributed by atoms with E-state index >= 15 is 0 Å². The highest BCUT2D eigenvalue weighted by atomic mass is 16.3. The van der Waals surface area contributed by atoms with Gasteiger partial charge in [0, 0.05) is 0 Å². The highest BCUT2D eigenvalue weighted by molar-refractivity contribution is 6.04. The van der Waals surface area contributed by atoms with Crippen molar-refractivity contribution in [1.82, 2.24) is 0 Å². The molecule has 0 aliphatic heterocycles. The van der Waals surface area contributed by atoms with Crippen LogP contribution in [0, 0.1) is 5.41 Å². The third kappa shape index (κ3) is 1.42. The fourth-order valence-corrected chi connectivity index (χ4v) is 0.471. The number of carbonyl (C=O) groups is 2. The molecule has 0 aromatic carbocycles. The molecule has 3 heteroatoms. The molecule has 58 valence electrons. The Morgan fingerprint density at radius 2 is 1.60 bits per heavy atom. The molecule has 0 heterocycles. The van der Waals surface area contributed by atoms with Gasteiger partial charge in [-0.15, -0.1) is 0 Å². The van der Waals surface area contributed by atoms with E-state index in [-0.39, 0.29) is 11.6 Å². The second kappa shape index (κ2) is 2.92.